The van der Waals surface area contributed by atoms with Gasteiger partial charge in [-0.1, -0.05) is 0 Å². The number of sulfone groups is 1. The first-order valence-electron chi connectivity index (χ1n) is 9.58. The molecule has 0 amide bonds. The zero-order valence-electron chi connectivity index (χ0n) is 17.7. The van der Waals surface area contributed by atoms with Gasteiger partial charge in [0.2, 0.25) is 0 Å². The van der Waals surface area contributed by atoms with E-state index >= 15 is 0 Å². The average molecular weight is 519 g/mol. The van der Waals surface area contributed by atoms with E-state index in [4.69, 9.17) is 4.74 Å². The molecule has 0 radical (unpaired) electrons. The summed E-state index contributed by atoms with van der Waals surface area (Å²) >= 11 is 0. The van der Waals surface area contributed by atoms with E-state index < -0.39 is 14.6 Å². The zero-order valence-corrected chi connectivity index (χ0v) is 20.9. The highest BCUT2D eigenvalue weighted by Crippen LogP contribution is 2.15. The lowest BCUT2D eigenvalue weighted by Gasteiger charge is -2.33. The Kier molecular flexibility index (Phi) is 12.4. The normalized spacial score (nSPS) is 17.7. The van der Waals surface area contributed by atoms with E-state index in [1.54, 1.807) is 27.8 Å². The van der Waals surface area contributed by atoms with Crippen molar-refractivity contribution in [2.75, 3.05) is 45.6 Å². The molecule has 162 valence electrons. The lowest BCUT2D eigenvalue weighted by molar-refractivity contribution is 0.0532. The summed E-state index contributed by atoms with van der Waals surface area (Å²) in [5, 5.41) is 6.54. The molecular weight excluding hydrogens is 479 g/mol. The quantitative estimate of drug-likeness (QED) is 0.290. The fourth-order valence-electron chi connectivity index (χ4n) is 2.72. The molecule has 0 aromatic heterocycles. The summed E-state index contributed by atoms with van der Waals surface area (Å²) in [4.78, 5) is 6.64. The summed E-state index contributed by atoms with van der Waals surface area (Å²) in [5.41, 5.74) is 0. The molecule has 0 aliphatic carbocycles. The number of aliphatic imine (C=N–C) groups is 1. The van der Waals surface area contributed by atoms with Gasteiger partial charge < -0.3 is 20.3 Å². The van der Waals surface area contributed by atoms with Crippen LogP contribution in [0.1, 0.15) is 47.5 Å². The summed E-state index contributed by atoms with van der Waals surface area (Å²) in [5.74, 6) is 0.779. The summed E-state index contributed by atoms with van der Waals surface area (Å²) in [6, 6.07) is 0.364. The van der Waals surface area contributed by atoms with Crippen LogP contribution in [0.2, 0.25) is 0 Å². The van der Waals surface area contributed by atoms with E-state index in [0.717, 1.165) is 39.1 Å². The number of piperidine rings is 1. The maximum atomic E-state index is 12.2. The van der Waals surface area contributed by atoms with Crippen LogP contribution in [0, 0.1) is 0 Å². The van der Waals surface area contributed by atoms with Crippen LogP contribution < -0.4 is 10.6 Å². The molecule has 1 aliphatic heterocycles. The first-order chi connectivity index (χ1) is 12.0. The Labute approximate surface area is 183 Å². The molecule has 9 heteroatoms. The number of hydrogen-bond donors (Lipinski definition) is 2. The molecule has 1 aliphatic rings. The number of guanidine groups is 1. The molecule has 1 heterocycles. The number of hydrogen-bond acceptors (Lipinski definition) is 5. The molecule has 0 atom stereocenters. The second kappa shape index (κ2) is 12.4. The maximum absolute atomic E-state index is 12.2. The van der Waals surface area contributed by atoms with Crippen LogP contribution in [-0.2, 0) is 14.6 Å². The maximum Gasteiger partial charge on any atom is 0.191 e. The molecule has 0 unspecified atom stereocenters. The molecule has 1 rings (SSSR count). The lowest BCUT2D eigenvalue weighted by Crippen LogP contribution is -2.50. The van der Waals surface area contributed by atoms with Gasteiger partial charge in [-0.05, 0) is 47.5 Å². The van der Waals surface area contributed by atoms with Crippen molar-refractivity contribution < 1.29 is 13.2 Å². The minimum absolute atomic E-state index is 0. The smallest absolute Gasteiger partial charge is 0.191 e. The van der Waals surface area contributed by atoms with Gasteiger partial charge in [0, 0.05) is 39.3 Å². The first-order valence-corrected chi connectivity index (χ1v) is 11.2. The van der Waals surface area contributed by atoms with Crippen molar-refractivity contribution in [2.24, 2.45) is 4.99 Å². The molecule has 0 spiro atoms. The SMILES string of the molecule is CN=C(NCCS(=O)(=O)C(C)(C)C)NC1CCN(CCOC(C)C)CC1.I. The first kappa shape index (κ1) is 26.9. The Morgan fingerprint density at radius 2 is 1.85 bits per heavy atom. The molecule has 1 fully saturated rings. The molecular formula is C18H39IN4O3S. The van der Waals surface area contributed by atoms with Crippen LogP contribution in [0.5, 0.6) is 0 Å². The van der Waals surface area contributed by atoms with Crippen LogP contribution in [0.3, 0.4) is 0 Å². The van der Waals surface area contributed by atoms with E-state index in [9.17, 15) is 8.42 Å². The Hall–Kier alpha value is -0.130. The standard InChI is InChI=1S/C18H38N4O3S.HI/c1-15(2)25-13-12-22-10-7-16(8-11-22)21-17(19-6)20-9-14-26(23,24)18(3,4)5;/h15-16H,7-14H2,1-6H3,(H2,19,20,21);1H. The van der Waals surface area contributed by atoms with Gasteiger partial charge >= 0.3 is 0 Å². The minimum Gasteiger partial charge on any atom is -0.377 e. The number of rotatable bonds is 8. The van der Waals surface area contributed by atoms with Crippen molar-refractivity contribution in [3.8, 4) is 0 Å². The molecule has 1 saturated heterocycles. The third-order valence-electron chi connectivity index (χ3n) is 4.61. The van der Waals surface area contributed by atoms with Gasteiger partial charge in [0.1, 0.15) is 0 Å². The van der Waals surface area contributed by atoms with E-state index in [1.165, 1.54) is 0 Å². The predicted octanol–water partition coefficient (Wildman–Crippen LogP) is 1.87. The summed E-state index contributed by atoms with van der Waals surface area (Å²) in [6.45, 7) is 13.5. The highest BCUT2D eigenvalue weighted by Gasteiger charge is 2.28. The van der Waals surface area contributed by atoms with Crippen molar-refractivity contribution in [1.29, 1.82) is 0 Å². The second-order valence-electron chi connectivity index (χ2n) is 8.11. The van der Waals surface area contributed by atoms with Gasteiger partial charge in [-0.25, -0.2) is 8.42 Å². The van der Waals surface area contributed by atoms with Crippen molar-refractivity contribution in [3.05, 3.63) is 0 Å². The van der Waals surface area contributed by atoms with E-state index in [1.807, 2.05) is 0 Å². The summed E-state index contributed by atoms with van der Waals surface area (Å²) in [6.07, 6.45) is 2.37. The summed E-state index contributed by atoms with van der Waals surface area (Å²) in [7, 11) is -1.41. The van der Waals surface area contributed by atoms with Gasteiger partial charge in [-0.2, -0.15) is 0 Å². The lowest BCUT2D eigenvalue weighted by atomic mass is 10.1. The van der Waals surface area contributed by atoms with Crippen LogP contribution in [0.25, 0.3) is 0 Å². The van der Waals surface area contributed by atoms with Crippen molar-refractivity contribution in [2.45, 2.75) is 64.4 Å². The van der Waals surface area contributed by atoms with E-state index in [-0.39, 0.29) is 35.8 Å². The average Bonchev–Trinajstić information content (AvgIpc) is 2.54. The van der Waals surface area contributed by atoms with E-state index in [0.29, 0.717) is 18.5 Å². The number of likely N-dealkylation sites (tertiary alicyclic amines) is 1. The Morgan fingerprint density at radius 3 is 2.33 bits per heavy atom. The molecule has 2 N–H and O–H groups in total. The fourth-order valence-corrected chi connectivity index (χ4v) is 3.70. The van der Waals surface area contributed by atoms with E-state index in [2.05, 4.69) is 34.4 Å². The van der Waals surface area contributed by atoms with Gasteiger partial charge in [0.05, 0.1) is 23.2 Å². The highest BCUT2D eigenvalue weighted by atomic mass is 127. The fraction of sp³-hybridized carbons (Fsp3) is 0.944. The third kappa shape index (κ3) is 10.3. The van der Waals surface area contributed by atoms with Gasteiger partial charge in [-0.3, -0.25) is 4.99 Å². The number of nitrogens with one attached hydrogen (secondary N) is 2. The van der Waals surface area contributed by atoms with Crippen LogP contribution in [0.4, 0.5) is 0 Å². The minimum atomic E-state index is -3.12. The number of nitrogens with zero attached hydrogens (tertiary/aromatic N) is 2. The third-order valence-corrected chi connectivity index (χ3v) is 7.21. The molecule has 0 bridgehead atoms. The molecule has 7 nitrogen and oxygen atoms in total. The largest absolute Gasteiger partial charge is 0.377 e. The van der Waals surface area contributed by atoms with Gasteiger partial charge in [0.25, 0.3) is 0 Å². The number of halogens is 1. The Morgan fingerprint density at radius 1 is 1.26 bits per heavy atom. The molecule has 0 saturated carbocycles. The summed E-state index contributed by atoms with van der Waals surface area (Å²) < 4.78 is 29.2. The number of ether oxygens (including phenoxy) is 1. The molecule has 27 heavy (non-hydrogen) atoms. The monoisotopic (exact) mass is 518 g/mol. The van der Waals surface area contributed by atoms with Crippen molar-refractivity contribution >= 4 is 39.8 Å². The van der Waals surface area contributed by atoms with Crippen LogP contribution >= 0.6 is 24.0 Å². The Balaban J connectivity index is 0.00000676. The zero-order chi connectivity index (χ0) is 19.8. The van der Waals surface area contributed by atoms with Crippen LogP contribution in [0.15, 0.2) is 4.99 Å². The highest BCUT2D eigenvalue weighted by molar-refractivity contribution is 14.0. The van der Waals surface area contributed by atoms with Crippen molar-refractivity contribution in [3.63, 3.8) is 0 Å². The molecule has 0 aromatic carbocycles. The Bertz CT molecular complexity index is 539. The predicted molar refractivity (Wildman–Crippen MR) is 124 cm³/mol. The van der Waals surface area contributed by atoms with Crippen molar-refractivity contribution in [1.82, 2.24) is 15.5 Å². The molecule has 0 aromatic rings. The van der Waals surface area contributed by atoms with Crippen LogP contribution in [-0.4, -0.2) is 81.8 Å². The van der Waals surface area contributed by atoms with Gasteiger partial charge in [0.15, 0.2) is 15.8 Å². The van der Waals surface area contributed by atoms with Gasteiger partial charge in [-0.15, -0.1) is 24.0 Å². The topological polar surface area (TPSA) is 83.0 Å². The second-order valence-corrected chi connectivity index (χ2v) is 11.0.